The molecule has 0 N–H and O–H groups in total. The molecule has 0 bridgehead atoms. The minimum absolute atomic E-state index is 0.00163. The number of benzene rings is 1. The Morgan fingerprint density at radius 1 is 1.20 bits per heavy atom. The first-order valence-corrected chi connectivity index (χ1v) is 7.88. The zero-order chi connectivity index (χ0) is 15.1. The lowest BCUT2D eigenvalue weighted by molar-refractivity contribution is -0.117. The lowest BCUT2D eigenvalue weighted by Gasteiger charge is -2.21. The number of carbonyl (C=O) groups is 1. The molecule has 0 saturated carbocycles. The highest BCUT2D eigenvalue weighted by molar-refractivity contribution is 7.87. The molecule has 1 aromatic carbocycles. The first kappa shape index (κ1) is 15.0. The average Bonchev–Trinajstić information content (AvgIpc) is 2.70. The molecule has 1 aromatic rings. The molecular weight excluding hydrogens is 281 g/mol. The van der Waals surface area contributed by atoms with Crippen LogP contribution < -0.4 is 4.90 Å². The monoisotopic (exact) mass is 299 g/mol. The van der Waals surface area contributed by atoms with Crippen LogP contribution in [0.15, 0.2) is 24.3 Å². The number of anilines is 1. The normalized spacial score (nSPS) is 20.5. The fourth-order valence-corrected chi connectivity index (χ4v) is 2.92. The molecule has 1 amide bonds. The van der Waals surface area contributed by atoms with Gasteiger partial charge in [0.25, 0.3) is 0 Å². The number of hydrogen-bond donors (Lipinski definition) is 0. The SMILES string of the molecule is CC(C)(C)c1ccc(N2CC(S(=O)(=O)F)CC2=O)cc1. The largest absolute Gasteiger partial charge is 0.311 e. The molecule has 6 heteroatoms. The minimum atomic E-state index is -4.67. The summed E-state index contributed by atoms with van der Waals surface area (Å²) in [5, 5.41) is -1.25. The molecule has 1 atom stereocenters. The minimum Gasteiger partial charge on any atom is -0.311 e. The third kappa shape index (κ3) is 3.00. The van der Waals surface area contributed by atoms with Gasteiger partial charge in [0, 0.05) is 18.7 Å². The van der Waals surface area contributed by atoms with Crippen molar-refractivity contribution in [1.82, 2.24) is 0 Å². The van der Waals surface area contributed by atoms with Crippen molar-refractivity contribution in [3.05, 3.63) is 29.8 Å². The van der Waals surface area contributed by atoms with Crippen molar-refractivity contribution >= 4 is 21.8 Å². The van der Waals surface area contributed by atoms with Crippen molar-refractivity contribution in [2.45, 2.75) is 37.9 Å². The summed E-state index contributed by atoms with van der Waals surface area (Å²) < 4.78 is 34.8. The third-order valence-corrected chi connectivity index (χ3v) is 4.64. The van der Waals surface area contributed by atoms with E-state index in [0.717, 1.165) is 5.56 Å². The van der Waals surface area contributed by atoms with Gasteiger partial charge in [-0.3, -0.25) is 4.79 Å². The summed E-state index contributed by atoms with van der Waals surface area (Å²) in [6, 6.07) is 7.34. The molecule has 0 spiro atoms. The van der Waals surface area contributed by atoms with Crippen molar-refractivity contribution in [1.29, 1.82) is 0 Å². The van der Waals surface area contributed by atoms with Crippen molar-refractivity contribution in [3.8, 4) is 0 Å². The Bertz CT molecular complexity index is 617. The lowest BCUT2D eigenvalue weighted by Crippen LogP contribution is -2.27. The smallest absolute Gasteiger partial charge is 0.307 e. The predicted molar refractivity (Wildman–Crippen MR) is 75.9 cm³/mol. The Labute approximate surface area is 118 Å². The van der Waals surface area contributed by atoms with E-state index in [-0.39, 0.29) is 24.3 Å². The van der Waals surface area contributed by atoms with E-state index in [1.54, 1.807) is 12.1 Å². The predicted octanol–water partition coefficient (Wildman–Crippen LogP) is 2.39. The molecule has 1 saturated heterocycles. The van der Waals surface area contributed by atoms with Crippen LogP contribution in [-0.4, -0.2) is 26.1 Å². The van der Waals surface area contributed by atoms with Crippen LogP contribution in [0.1, 0.15) is 32.8 Å². The first-order chi connectivity index (χ1) is 9.09. The molecule has 1 heterocycles. The van der Waals surface area contributed by atoms with E-state index in [2.05, 4.69) is 20.8 Å². The fraction of sp³-hybridized carbons (Fsp3) is 0.500. The second kappa shape index (κ2) is 4.84. The van der Waals surface area contributed by atoms with E-state index in [9.17, 15) is 17.1 Å². The van der Waals surface area contributed by atoms with E-state index >= 15 is 0 Å². The Hall–Kier alpha value is -1.43. The number of hydrogen-bond acceptors (Lipinski definition) is 3. The van der Waals surface area contributed by atoms with Crippen LogP contribution in [-0.2, 0) is 20.4 Å². The molecule has 1 unspecified atom stereocenters. The van der Waals surface area contributed by atoms with Crippen LogP contribution in [0.5, 0.6) is 0 Å². The molecule has 4 nitrogen and oxygen atoms in total. The molecular formula is C14H18FNO3S. The second-order valence-electron chi connectivity index (χ2n) is 6.10. The lowest BCUT2D eigenvalue weighted by atomic mass is 9.87. The van der Waals surface area contributed by atoms with E-state index in [1.165, 1.54) is 4.90 Å². The standard InChI is InChI=1S/C14H18FNO3S/c1-14(2,3)10-4-6-11(7-5-10)16-9-12(8-13(16)17)20(15,18)19/h4-7,12H,8-9H2,1-3H3. The van der Waals surface area contributed by atoms with Crippen LogP contribution in [0, 0.1) is 0 Å². The van der Waals surface area contributed by atoms with Crippen molar-refractivity contribution in [3.63, 3.8) is 0 Å². The van der Waals surface area contributed by atoms with Gasteiger partial charge in [0.2, 0.25) is 5.91 Å². The second-order valence-corrected chi connectivity index (χ2v) is 7.72. The van der Waals surface area contributed by atoms with Crippen molar-refractivity contribution < 1.29 is 17.1 Å². The van der Waals surface area contributed by atoms with Gasteiger partial charge in [-0.05, 0) is 23.1 Å². The topological polar surface area (TPSA) is 54.5 Å². The van der Waals surface area contributed by atoms with Crippen molar-refractivity contribution in [2.75, 3.05) is 11.4 Å². The van der Waals surface area contributed by atoms with Gasteiger partial charge in [0.15, 0.2) is 0 Å². The van der Waals surface area contributed by atoms with E-state index < -0.39 is 15.5 Å². The maximum Gasteiger partial charge on any atom is 0.307 e. The molecule has 0 aromatic heterocycles. The Balaban J connectivity index is 2.23. The number of rotatable bonds is 2. The van der Waals surface area contributed by atoms with Gasteiger partial charge >= 0.3 is 10.2 Å². The highest BCUT2D eigenvalue weighted by Gasteiger charge is 2.39. The summed E-state index contributed by atoms with van der Waals surface area (Å²) in [6.45, 7) is 6.12. The Morgan fingerprint density at radius 2 is 1.75 bits per heavy atom. The van der Waals surface area contributed by atoms with Gasteiger partial charge in [-0.2, -0.15) is 8.42 Å². The quantitative estimate of drug-likeness (QED) is 0.788. The third-order valence-electron chi connectivity index (χ3n) is 3.53. The molecule has 2 rings (SSSR count). The Kier molecular flexibility index (Phi) is 3.62. The van der Waals surface area contributed by atoms with Gasteiger partial charge in [-0.25, -0.2) is 0 Å². The van der Waals surface area contributed by atoms with E-state index in [0.29, 0.717) is 5.69 Å². The number of amides is 1. The number of nitrogens with zero attached hydrogens (tertiary/aromatic N) is 1. The average molecular weight is 299 g/mol. The number of carbonyl (C=O) groups excluding carboxylic acids is 1. The Morgan fingerprint density at radius 3 is 2.15 bits per heavy atom. The molecule has 0 aliphatic carbocycles. The summed E-state index contributed by atoms with van der Waals surface area (Å²) in [5.74, 6) is -0.361. The van der Waals surface area contributed by atoms with Crippen molar-refractivity contribution in [2.24, 2.45) is 0 Å². The molecule has 1 fully saturated rings. The summed E-state index contributed by atoms with van der Waals surface area (Å²) in [6.07, 6.45) is -0.292. The van der Waals surface area contributed by atoms with Crippen LogP contribution in [0.3, 0.4) is 0 Å². The molecule has 110 valence electrons. The van der Waals surface area contributed by atoms with Crippen LogP contribution in [0.2, 0.25) is 0 Å². The summed E-state index contributed by atoms with van der Waals surface area (Å²) in [7, 11) is -4.67. The zero-order valence-corrected chi connectivity index (χ0v) is 12.6. The van der Waals surface area contributed by atoms with Crippen LogP contribution >= 0.6 is 0 Å². The molecule has 0 radical (unpaired) electrons. The van der Waals surface area contributed by atoms with Gasteiger partial charge < -0.3 is 4.90 Å². The summed E-state index contributed by atoms with van der Waals surface area (Å²) >= 11 is 0. The van der Waals surface area contributed by atoms with E-state index in [1.807, 2.05) is 12.1 Å². The summed E-state index contributed by atoms with van der Waals surface area (Å²) in [5.41, 5.74) is 1.72. The van der Waals surface area contributed by atoms with Gasteiger partial charge in [-0.15, -0.1) is 3.89 Å². The van der Waals surface area contributed by atoms with Gasteiger partial charge in [0.05, 0.1) is 0 Å². The van der Waals surface area contributed by atoms with Crippen LogP contribution in [0.4, 0.5) is 9.57 Å². The highest BCUT2D eigenvalue weighted by Crippen LogP contribution is 2.28. The maximum atomic E-state index is 13.0. The fourth-order valence-electron chi connectivity index (χ4n) is 2.25. The summed E-state index contributed by atoms with van der Waals surface area (Å²) in [4.78, 5) is 13.1. The molecule has 1 aliphatic heterocycles. The van der Waals surface area contributed by atoms with Crippen LogP contribution in [0.25, 0.3) is 0 Å². The molecule has 1 aliphatic rings. The maximum absolute atomic E-state index is 13.0. The first-order valence-electron chi connectivity index (χ1n) is 6.43. The number of halogens is 1. The highest BCUT2D eigenvalue weighted by atomic mass is 32.3. The zero-order valence-electron chi connectivity index (χ0n) is 11.8. The van der Waals surface area contributed by atoms with Gasteiger partial charge in [-0.1, -0.05) is 32.9 Å². The van der Waals surface area contributed by atoms with Gasteiger partial charge in [0.1, 0.15) is 5.25 Å². The molecule has 20 heavy (non-hydrogen) atoms. The van der Waals surface area contributed by atoms with E-state index in [4.69, 9.17) is 0 Å².